The lowest BCUT2D eigenvalue weighted by molar-refractivity contribution is -0.160. The highest BCUT2D eigenvalue weighted by molar-refractivity contribution is 6.44. The van der Waals surface area contributed by atoms with Crippen molar-refractivity contribution < 1.29 is 17.6 Å². The van der Waals surface area contributed by atoms with Crippen LogP contribution in [0.5, 0.6) is 0 Å². The highest BCUT2D eigenvalue weighted by Gasteiger charge is 2.78. The van der Waals surface area contributed by atoms with Crippen molar-refractivity contribution in [2.24, 2.45) is 23.7 Å². The zero-order valence-electron chi connectivity index (χ0n) is 17.1. The third kappa shape index (κ3) is 2.95. The summed E-state index contributed by atoms with van der Waals surface area (Å²) in [5.74, 6) is -4.81. The molecule has 0 saturated heterocycles. The van der Waals surface area contributed by atoms with Crippen molar-refractivity contribution in [3.8, 4) is 0 Å². The van der Waals surface area contributed by atoms with Crippen LogP contribution in [-0.2, 0) is 0 Å². The second-order valence-corrected chi connectivity index (χ2v) is 9.36. The third-order valence-electron chi connectivity index (χ3n) is 7.36. The van der Waals surface area contributed by atoms with Crippen LogP contribution in [0.25, 0.3) is 0 Å². The molecule has 1 aliphatic heterocycles. The molecule has 0 aromatic carbocycles. The normalized spacial score (nSPS) is 47.0. The fourth-order valence-electron chi connectivity index (χ4n) is 5.57. The quantitative estimate of drug-likeness (QED) is 0.370. The lowest BCUT2D eigenvalue weighted by Crippen LogP contribution is -2.51. The van der Waals surface area contributed by atoms with Crippen molar-refractivity contribution in [3.63, 3.8) is 0 Å². The number of rotatable bonds is 2. The Morgan fingerprint density at radius 2 is 1.70 bits per heavy atom. The molecule has 0 nitrogen and oxygen atoms in total. The van der Waals surface area contributed by atoms with Gasteiger partial charge < -0.3 is 0 Å². The molecule has 0 bridgehead atoms. The Labute approximate surface area is 161 Å². The maximum Gasteiger partial charge on any atom is 0.291 e. The van der Waals surface area contributed by atoms with Crippen molar-refractivity contribution in [3.05, 3.63) is 34.8 Å². The Morgan fingerprint density at radius 1 is 1.07 bits per heavy atom. The summed E-state index contributed by atoms with van der Waals surface area (Å²) in [6.45, 7) is 9.53. The topological polar surface area (TPSA) is 0 Å². The van der Waals surface area contributed by atoms with Crippen LogP contribution in [0.2, 0.25) is 5.82 Å². The van der Waals surface area contributed by atoms with Gasteiger partial charge in [0, 0.05) is 5.92 Å². The third-order valence-corrected chi connectivity index (χ3v) is 7.36. The van der Waals surface area contributed by atoms with Crippen molar-refractivity contribution in [1.29, 1.82) is 0 Å². The second-order valence-electron chi connectivity index (χ2n) is 9.36. The van der Waals surface area contributed by atoms with E-state index in [1.54, 1.807) is 5.98 Å². The fraction of sp³-hybridized carbons (Fsp3) is 0.727. The predicted octanol–water partition coefficient (Wildman–Crippen LogP) is 6.67. The summed E-state index contributed by atoms with van der Waals surface area (Å²) < 4.78 is 62.1. The minimum Gasteiger partial charge on any atom is -0.240 e. The monoisotopic (exact) mass is 381 g/mol. The molecule has 3 aliphatic rings. The SMILES string of the molecule is CC1=CCC(C2C(C3=C[B]C(C)CC3C)C(F)(F)[C@@](C)(F)C2(C)F)C(C)=C1. The van der Waals surface area contributed by atoms with Gasteiger partial charge in [0.2, 0.25) is 5.67 Å². The van der Waals surface area contributed by atoms with Gasteiger partial charge in [0.05, 0.1) is 5.92 Å². The minimum atomic E-state index is -3.76. The lowest BCUT2D eigenvalue weighted by Gasteiger charge is -2.40. The first kappa shape index (κ1) is 20.7. The van der Waals surface area contributed by atoms with Gasteiger partial charge in [-0.05, 0) is 46.0 Å². The Kier molecular flexibility index (Phi) is 5.01. The molecule has 149 valence electrons. The zero-order valence-corrected chi connectivity index (χ0v) is 17.1. The van der Waals surface area contributed by atoms with Crippen molar-refractivity contribution in [2.45, 2.75) is 77.5 Å². The molecular formula is C22H30BF4. The molecule has 6 unspecified atom stereocenters. The highest BCUT2D eigenvalue weighted by Crippen LogP contribution is 2.66. The van der Waals surface area contributed by atoms with Crippen molar-refractivity contribution in [1.82, 2.24) is 0 Å². The molecule has 27 heavy (non-hydrogen) atoms. The molecule has 3 rings (SSSR count). The summed E-state index contributed by atoms with van der Waals surface area (Å²) in [6.07, 6.45) is 5.07. The van der Waals surface area contributed by atoms with Crippen molar-refractivity contribution in [2.75, 3.05) is 0 Å². The molecule has 2 aliphatic carbocycles. The van der Waals surface area contributed by atoms with Crippen LogP contribution >= 0.6 is 0 Å². The van der Waals surface area contributed by atoms with E-state index in [0.717, 1.165) is 31.4 Å². The molecule has 1 saturated carbocycles. The lowest BCUT2D eigenvalue weighted by atomic mass is 9.54. The van der Waals surface area contributed by atoms with E-state index in [0.29, 0.717) is 12.0 Å². The molecule has 5 heteroatoms. The van der Waals surface area contributed by atoms with Gasteiger partial charge >= 0.3 is 0 Å². The van der Waals surface area contributed by atoms with Crippen LogP contribution < -0.4 is 0 Å². The Morgan fingerprint density at radius 3 is 2.26 bits per heavy atom. The van der Waals surface area contributed by atoms with Crippen LogP contribution in [-0.4, -0.2) is 24.5 Å². The first-order chi connectivity index (χ1) is 12.3. The maximum absolute atomic E-state index is 15.9. The summed E-state index contributed by atoms with van der Waals surface area (Å²) in [4.78, 5) is 0. The van der Waals surface area contributed by atoms with Crippen LogP contribution in [0.3, 0.4) is 0 Å². The van der Waals surface area contributed by atoms with E-state index >= 15 is 17.6 Å². The van der Waals surface area contributed by atoms with Gasteiger partial charge in [0.15, 0.2) is 5.67 Å². The Hall–Kier alpha value is -0.995. The van der Waals surface area contributed by atoms with Crippen LogP contribution in [0.1, 0.15) is 54.4 Å². The van der Waals surface area contributed by atoms with Gasteiger partial charge in [-0.3, -0.25) is 0 Å². The number of alkyl halides is 4. The fourth-order valence-corrected chi connectivity index (χ4v) is 5.57. The largest absolute Gasteiger partial charge is 0.291 e. The van der Waals surface area contributed by atoms with E-state index in [-0.39, 0.29) is 11.7 Å². The van der Waals surface area contributed by atoms with E-state index in [4.69, 9.17) is 0 Å². The zero-order chi connectivity index (χ0) is 20.4. The van der Waals surface area contributed by atoms with Gasteiger partial charge in [0.1, 0.15) is 7.28 Å². The van der Waals surface area contributed by atoms with E-state index in [1.807, 2.05) is 47.1 Å². The molecule has 0 aromatic heterocycles. The van der Waals surface area contributed by atoms with Gasteiger partial charge in [-0.15, -0.1) is 5.98 Å². The average molecular weight is 381 g/mol. The number of allylic oxidation sites excluding steroid dienone is 5. The summed E-state index contributed by atoms with van der Waals surface area (Å²) >= 11 is 0. The van der Waals surface area contributed by atoms with E-state index in [2.05, 4.69) is 0 Å². The highest BCUT2D eigenvalue weighted by atomic mass is 19.3. The minimum absolute atomic E-state index is 0.113. The maximum atomic E-state index is 15.9. The summed E-state index contributed by atoms with van der Waals surface area (Å²) in [5.41, 5.74) is -3.42. The predicted molar refractivity (Wildman–Crippen MR) is 104 cm³/mol. The summed E-state index contributed by atoms with van der Waals surface area (Å²) in [6, 6.07) is 0. The molecule has 0 amide bonds. The summed E-state index contributed by atoms with van der Waals surface area (Å²) in [5, 5.41) is 0. The number of hydrogen-bond donors (Lipinski definition) is 0. The molecule has 1 radical (unpaired) electrons. The summed E-state index contributed by atoms with van der Waals surface area (Å²) in [7, 11) is 1.90. The number of halogens is 4. The Balaban J connectivity index is 2.14. The molecule has 0 N–H and O–H groups in total. The average Bonchev–Trinajstić information content (AvgIpc) is 2.63. The molecule has 0 aromatic rings. The van der Waals surface area contributed by atoms with E-state index in [1.165, 1.54) is 0 Å². The first-order valence-corrected chi connectivity index (χ1v) is 9.98. The Bertz CT molecular complexity index is 701. The van der Waals surface area contributed by atoms with Crippen molar-refractivity contribution >= 4 is 7.28 Å². The van der Waals surface area contributed by atoms with E-state index in [9.17, 15) is 0 Å². The van der Waals surface area contributed by atoms with Gasteiger partial charge in [0.25, 0.3) is 5.92 Å². The van der Waals surface area contributed by atoms with Crippen LogP contribution in [0.4, 0.5) is 17.6 Å². The van der Waals surface area contributed by atoms with Gasteiger partial charge in [-0.1, -0.05) is 55.0 Å². The first-order valence-electron chi connectivity index (χ1n) is 9.98. The molecule has 7 atom stereocenters. The standard InChI is InChI=1S/C22H30BF4/c1-12-7-8-16(13(2)9-12)18-19(17-11-23-15(4)10-14(17)3)22(26,27)21(6,25)20(18,5)24/h7,9,11,14-16,18-19H,8,10H2,1-6H3/t14?,15?,16?,18?,19?,20?,21-/m0/s1. The molecule has 1 fully saturated rings. The molecule has 0 spiro atoms. The smallest absolute Gasteiger partial charge is 0.240 e. The molecule has 1 heterocycles. The van der Waals surface area contributed by atoms with Gasteiger partial charge in [-0.2, -0.15) is 0 Å². The van der Waals surface area contributed by atoms with Crippen LogP contribution in [0, 0.1) is 23.7 Å². The molecular weight excluding hydrogens is 351 g/mol. The van der Waals surface area contributed by atoms with Crippen LogP contribution in [0.15, 0.2) is 34.8 Å². The van der Waals surface area contributed by atoms with Gasteiger partial charge in [-0.25, -0.2) is 17.6 Å². The number of hydrogen-bond acceptors (Lipinski definition) is 0. The van der Waals surface area contributed by atoms with E-state index < -0.39 is 35.0 Å². The second kappa shape index (κ2) is 6.52.